The van der Waals surface area contributed by atoms with E-state index in [1.807, 2.05) is 6.07 Å². The van der Waals surface area contributed by atoms with Crippen LogP contribution in [0.15, 0.2) is 22.7 Å². The van der Waals surface area contributed by atoms with Crippen LogP contribution in [-0.2, 0) is 6.54 Å². The van der Waals surface area contributed by atoms with Crippen LogP contribution in [0.3, 0.4) is 0 Å². The highest BCUT2D eigenvalue weighted by atomic mass is 79.9. The summed E-state index contributed by atoms with van der Waals surface area (Å²) in [5.41, 5.74) is 1.28. The van der Waals surface area contributed by atoms with Crippen molar-refractivity contribution in [2.45, 2.75) is 26.3 Å². The number of hydrogen-bond donors (Lipinski definition) is 1. The van der Waals surface area contributed by atoms with Crippen molar-refractivity contribution in [3.05, 3.63) is 28.2 Å². The summed E-state index contributed by atoms with van der Waals surface area (Å²) in [5, 5.41) is 3.46. The second-order valence-electron chi connectivity index (χ2n) is 4.95. The average molecular weight is 329 g/mol. The van der Waals surface area contributed by atoms with E-state index in [-0.39, 0.29) is 0 Å². The summed E-state index contributed by atoms with van der Waals surface area (Å²) >= 11 is 3.56. The van der Waals surface area contributed by atoms with Crippen molar-refractivity contribution in [2.24, 2.45) is 0 Å². The largest absolute Gasteiger partial charge is 0.492 e. The van der Waals surface area contributed by atoms with E-state index in [0.717, 1.165) is 42.9 Å². The van der Waals surface area contributed by atoms with E-state index in [1.165, 1.54) is 12.0 Å². The molecule has 0 radical (unpaired) electrons. The number of nitrogens with one attached hydrogen (secondary N) is 1. The van der Waals surface area contributed by atoms with Gasteiger partial charge in [0.25, 0.3) is 0 Å². The fourth-order valence-electron chi connectivity index (χ4n) is 1.74. The van der Waals surface area contributed by atoms with Crippen LogP contribution < -0.4 is 10.1 Å². The van der Waals surface area contributed by atoms with Gasteiger partial charge in [0.2, 0.25) is 0 Å². The minimum Gasteiger partial charge on any atom is -0.492 e. The van der Waals surface area contributed by atoms with Crippen LogP contribution in [-0.4, -0.2) is 38.7 Å². The van der Waals surface area contributed by atoms with Gasteiger partial charge in [-0.15, -0.1) is 0 Å². The van der Waals surface area contributed by atoms with Crippen molar-refractivity contribution in [2.75, 3.05) is 33.8 Å². The van der Waals surface area contributed by atoms with Crippen LogP contribution in [0, 0.1) is 0 Å². The molecule has 0 spiro atoms. The standard InChI is InChI=1S/C15H25BrN2O/c1-4-10-19-15-7-6-13(11-14(15)16)12-17-8-5-9-18(2)3/h6-7,11,17H,4-5,8-10,12H2,1-3H3. The molecule has 1 N–H and O–H groups in total. The van der Waals surface area contributed by atoms with Crippen LogP contribution in [0.4, 0.5) is 0 Å². The molecule has 0 aliphatic rings. The fourth-order valence-corrected chi connectivity index (χ4v) is 2.28. The van der Waals surface area contributed by atoms with E-state index < -0.39 is 0 Å². The van der Waals surface area contributed by atoms with Crippen LogP contribution in [0.1, 0.15) is 25.3 Å². The van der Waals surface area contributed by atoms with Gasteiger partial charge in [-0.1, -0.05) is 13.0 Å². The SMILES string of the molecule is CCCOc1ccc(CNCCCN(C)C)cc1Br. The maximum atomic E-state index is 5.64. The first-order chi connectivity index (χ1) is 9.13. The average Bonchev–Trinajstić information content (AvgIpc) is 2.37. The van der Waals surface area contributed by atoms with Gasteiger partial charge in [0.05, 0.1) is 11.1 Å². The zero-order valence-corrected chi connectivity index (χ0v) is 13.8. The summed E-state index contributed by atoms with van der Waals surface area (Å²) < 4.78 is 6.67. The Hall–Kier alpha value is -0.580. The molecule has 0 fully saturated rings. The monoisotopic (exact) mass is 328 g/mol. The second kappa shape index (κ2) is 9.34. The van der Waals surface area contributed by atoms with Gasteiger partial charge < -0.3 is 15.0 Å². The Bertz CT molecular complexity index is 369. The lowest BCUT2D eigenvalue weighted by Gasteiger charge is -2.11. The molecule has 1 rings (SSSR count). The molecule has 0 unspecified atom stereocenters. The first-order valence-electron chi connectivity index (χ1n) is 6.90. The first kappa shape index (κ1) is 16.5. The molecule has 108 valence electrons. The topological polar surface area (TPSA) is 24.5 Å². The quantitative estimate of drug-likeness (QED) is 0.704. The third kappa shape index (κ3) is 6.95. The first-order valence-corrected chi connectivity index (χ1v) is 7.69. The van der Waals surface area contributed by atoms with Gasteiger partial charge in [-0.2, -0.15) is 0 Å². The van der Waals surface area contributed by atoms with Crippen LogP contribution in [0.5, 0.6) is 5.75 Å². The Labute approximate surface area is 125 Å². The molecule has 1 aromatic carbocycles. The van der Waals surface area contributed by atoms with Crippen molar-refractivity contribution in [1.29, 1.82) is 0 Å². The second-order valence-corrected chi connectivity index (χ2v) is 5.80. The maximum absolute atomic E-state index is 5.64. The number of nitrogens with zero attached hydrogens (tertiary/aromatic N) is 1. The number of ether oxygens (including phenoxy) is 1. The molecule has 1 aromatic rings. The van der Waals surface area contributed by atoms with Gasteiger partial charge in [-0.3, -0.25) is 0 Å². The van der Waals surface area contributed by atoms with Crippen LogP contribution >= 0.6 is 15.9 Å². The maximum Gasteiger partial charge on any atom is 0.133 e. The molecule has 4 heteroatoms. The summed E-state index contributed by atoms with van der Waals surface area (Å²) in [6, 6.07) is 6.29. The zero-order chi connectivity index (χ0) is 14.1. The van der Waals surface area contributed by atoms with E-state index in [0.29, 0.717) is 0 Å². The highest BCUT2D eigenvalue weighted by molar-refractivity contribution is 9.10. The third-order valence-electron chi connectivity index (χ3n) is 2.75. The van der Waals surface area contributed by atoms with Gasteiger partial charge in [0.1, 0.15) is 5.75 Å². The molecule has 3 nitrogen and oxygen atoms in total. The van der Waals surface area contributed by atoms with Gasteiger partial charge >= 0.3 is 0 Å². The molecule has 0 atom stereocenters. The lowest BCUT2D eigenvalue weighted by molar-refractivity contribution is 0.315. The van der Waals surface area contributed by atoms with E-state index in [4.69, 9.17) is 4.74 Å². The molecule has 0 amide bonds. The number of halogens is 1. The Morgan fingerprint density at radius 3 is 2.74 bits per heavy atom. The summed E-state index contributed by atoms with van der Waals surface area (Å²) in [5.74, 6) is 0.929. The van der Waals surface area contributed by atoms with Gasteiger partial charge in [0.15, 0.2) is 0 Å². The highest BCUT2D eigenvalue weighted by Gasteiger charge is 2.02. The minimum atomic E-state index is 0.765. The molecule has 0 saturated carbocycles. The smallest absolute Gasteiger partial charge is 0.133 e. The van der Waals surface area contributed by atoms with E-state index in [1.54, 1.807) is 0 Å². The molecule has 0 aliphatic carbocycles. The van der Waals surface area contributed by atoms with E-state index in [2.05, 4.69) is 59.3 Å². The van der Waals surface area contributed by atoms with Crippen molar-refractivity contribution in [3.8, 4) is 5.75 Å². The van der Waals surface area contributed by atoms with Gasteiger partial charge in [0, 0.05) is 6.54 Å². The fraction of sp³-hybridized carbons (Fsp3) is 0.600. The summed E-state index contributed by atoms with van der Waals surface area (Å²) in [7, 11) is 4.21. The third-order valence-corrected chi connectivity index (χ3v) is 3.37. The normalized spacial score (nSPS) is 11.0. The van der Waals surface area contributed by atoms with Gasteiger partial charge in [-0.05, 0) is 73.7 Å². The lowest BCUT2D eigenvalue weighted by atomic mass is 10.2. The number of hydrogen-bond acceptors (Lipinski definition) is 3. The Balaban J connectivity index is 2.32. The molecule has 0 bridgehead atoms. The summed E-state index contributed by atoms with van der Waals surface area (Å²) in [6.07, 6.45) is 2.20. The Kier molecular flexibility index (Phi) is 8.10. The van der Waals surface area contributed by atoms with Crippen molar-refractivity contribution >= 4 is 15.9 Å². The van der Waals surface area contributed by atoms with Crippen LogP contribution in [0.2, 0.25) is 0 Å². The molecule has 0 aromatic heterocycles. The lowest BCUT2D eigenvalue weighted by Crippen LogP contribution is -2.21. The molecule has 0 saturated heterocycles. The zero-order valence-electron chi connectivity index (χ0n) is 12.2. The number of rotatable bonds is 9. The summed E-state index contributed by atoms with van der Waals surface area (Å²) in [6.45, 7) is 5.95. The predicted molar refractivity (Wildman–Crippen MR) is 84.8 cm³/mol. The minimum absolute atomic E-state index is 0.765. The molecule has 0 heterocycles. The van der Waals surface area contributed by atoms with Crippen molar-refractivity contribution in [3.63, 3.8) is 0 Å². The molecule has 19 heavy (non-hydrogen) atoms. The predicted octanol–water partition coefficient (Wildman–Crippen LogP) is 3.28. The van der Waals surface area contributed by atoms with Gasteiger partial charge in [-0.25, -0.2) is 0 Å². The Morgan fingerprint density at radius 2 is 2.11 bits per heavy atom. The molecule has 0 aliphatic heterocycles. The summed E-state index contributed by atoms with van der Waals surface area (Å²) in [4.78, 5) is 2.21. The van der Waals surface area contributed by atoms with Crippen LogP contribution in [0.25, 0.3) is 0 Å². The van der Waals surface area contributed by atoms with Crippen molar-refractivity contribution < 1.29 is 4.74 Å². The highest BCUT2D eigenvalue weighted by Crippen LogP contribution is 2.26. The number of benzene rings is 1. The van der Waals surface area contributed by atoms with E-state index in [9.17, 15) is 0 Å². The van der Waals surface area contributed by atoms with E-state index >= 15 is 0 Å². The molecular weight excluding hydrogens is 304 g/mol. The Morgan fingerprint density at radius 1 is 1.32 bits per heavy atom. The van der Waals surface area contributed by atoms with Crippen molar-refractivity contribution in [1.82, 2.24) is 10.2 Å². The molecular formula is C15H25BrN2O.